The summed E-state index contributed by atoms with van der Waals surface area (Å²) in [5.74, 6) is -0.914. The van der Waals surface area contributed by atoms with Crippen LogP contribution >= 0.6 is 0 Å². The van der Waals surface area contributed by atoms with Crippen molar-refractivity contribution < 1.29 is 27.0 Å². The molecular weight excluding hydrogens is 160 g/mol. The fourth-order valence-corrected chi connectivity index (χ4v) is 0.249. The minimum Gasteiger partial charge on any atom is -0.478 e. The molecule has 0 aromatic carbocycles. The number of carboxylic acids is 1. The van der Waals surface area contributed by atoms with Crippen molar-refractivity contribution in [2.75, 3.05) is 0 Å². The van der Waals surface area contributed by atoms with Crippen LogP contribution in [0.3, 0.4) is 0 Å². The smallest absolute Gasteiger partial charge is 0.328 e. The van der Waals surface area contributed by atoms with Gasteiger partial charge in [0.2, 0.25) is 0 Å². The molecule has 0 bridgehead atoms. The van der Waals surface area contributed by atoms with E-state index >= 15 is 0 Å². The first-order valence-corrected chi connectivity index (χ1v) is 2.29. The van der Waals surface area contributed by atoms with Gasteiger partial charge < -0.3 is 5.11 Å². The van der Waals surface area contributed by atoms with Gasteiger partial charge in [0, 0.05) is 23.1 Å². The molecule has 52 valence electrons. The van der Waals surface area contributed by atoms with Crippen LogP contribution in [0.5, 0.6) is 0 Å². The normalized spacial score (nSPS) is 9.89. The van der Waals surface area contributed by atoms with Crippen LogP contribution in [-0.2, 0) is 21.9 Å². The van der Waals surface area contributed by atoms with Gasteiger partial charge in [-0.2, -0.15) is 0 Å². The summed E-state index contributed by atoms with van der Waals surface area (Å²) in [6.45, 7) is 1.83. The van der Waals surface area contributed by atoms with Crippen molar-refractivity contribution in [1.29, 1.82) is 0 Å². The van der Waals surface area contributed by atoms with Crippen molar-refractivity contribution in [2.24, 2.45) is 0 Å². The molecule has 9 heavy (non-hydrogen) atoms. The summed E-state index contributed by atoms with van der Waals surface area (Å²) in [4.78, 5) is 9.75. The Balaban J connectivity index is 0. The molecule has 0 saturated heterocycles. The van der Waals surface area contributed by atoms with Gasteiger partial charge in [-0.25, -0.2) is 4.79 Å². The van der Waals surface area contributed by atoms with Crippen LogP contribution in [0.4, 0.5) is 0 Å². The summed E-state index contributed by atoms with van der Waals surface area (Å²) < 4.78 is 0. The molecule has 0 radical (unpaired) electrons. The number of aliphatic carboxylic acids is 1. The van der Waals surface area contributed by atoms with Crippen molar-refractivity contribution >= 4 is 5.97 Å². The fourth-order valence-electron chi connectivity index (χ4n) is 0.249. The summed E-state index contributed by atoms with van der Waals surface area (Å²) in [7, 11) is 0. The molecule has 0 aromatic rings. The molecule has 0 aromatic heterocycles. The molecule has 0 atom stereocenters. The van der Waals surface area contributed by atoms with Crippen LogP contribution in [0, 0.1) is 0 Å². The predicted molar refractivity (Wildman–Crippen MR) is 31.6 cm³/mol. The van der Waals surface area contributed by atoms with Crippen LogP contribution in [0.15, 0.2) is 24.3 Å². The molecule has 0 fully saturated rings. The van der Waals surface area contributed by atoms with Crippen molar-refractivity contribution in [3.05, 3.63) is 24.3 Å². The van der Waals surface area contributed by atoms with E-state index in [1.54, 1.807) is 12.2 Å². The molecule has 0 rings (SSSR count). The van der Waals surface area contributed by atoms with E-state index in [1.807, 2.05) is 6.92 Å². The van der Waals surface area contributed by atoms with Crippen molar-refractivity contribution in [3.8, 4) is 0 Å². The fraction of sp³-hybridized carbons (Fsp3) is 0.167. The van der Waals surface area contributed by atoms with Crippen LogP contribution in [0.1, 0.15) is 6.92 Å². The molecule has 0 aliphatic rings. The molecule has 0 aliphatic heterocycles. The van der Waals surface area contributed by atoms with Crippen molar-refractivity contribution in [3.63, 3.8) is 0 Å². The standard InChI is InChI=1S/C6H8O2.Fe/c1-2-3-4-5-6(7)8;/h2-5H,1H3,(H,7,8);/b3-2+,5-4+;. The second-order valence-electron chi connectivity index (χ2n) is 1.22. The first-order valence-electron chi connectivity index (χ1n) is 2.29. The molecular formula is C6H8FeO2. The Labute approximate surface area is 64.7 Å². The maximum Gasteiger partial charge on any atom is 0.328 e. The minimum atomic E-state index is -0.914. The van der Waals surface area contributed by atoms with Crippen molar-refractivity contribution in [1.82, 2.24) is 0 Å². The van der Waals surface area contributed by atoms with Crippen LogP contribution in [0.25, 0.3) is 0 Å². The van der Waals surface area contributed by atoms with Crippen molar-refractivity contribution in [2.45, 2.75) is 6.92 Å². The van der Waals surface area contributed by atoms with Gasteiger partial charge in [-0.1, -0.05) is 18.2 Å². The number of hydrogen-bond acceptors (Lipinski definition) is 1. The third-order valence-electron chi connectivity index (χ3n) is 0.542. The molecule has 0 aliphatic carbocycles. The number of carboxylic acid groups (broad SMARTS) is 1. The Hall–Kier alpha value is -0.531. The summed E-state index contributed by atoms with van der Waals surface area (Å²) in [5, 5.41) is 8.02. The summed E-state index contributed by atoms with van der Waals surface area (Å²) >= 11 is 0. The van der Waals surface area contributed by atoms with E-state index in [0.29, 0.717) is 0 Å². The van der Waals surface area contributed by atoms with E-state index in [-0.39, 0.29) is 17.1 Å². The average Bonchev–Trinajstić information content (AvgIpc) is 1.66. The molecule has 0 heterocycles. The molecule has 2 nitrogen and oxygen atoms in total. The largest absolute Gasteiger partial charge is 0.478 e. The summed E-state index contributed by atoms with van der Waals surface area (Å²) in [6.07, 6.45) is 5.98. The summed E-state index contributed by atoms with van der Waals surface area (Å²) in [5.41, 5.74) is 0. The van der Waals surface area contributed by atoms with Gasteiger partial charge >= 0.3 is 5.97 Å². The number of hydrogen-bond donors (Lipinski definition) is 1. The minimum absolute atomic E-state index is 0. The van der Waals surface area contributed by atoms with E-state index in [2.05, 4.69) is 0 Å². The van der Waals surface area contributed by atoms with Crippen LogP contribution in [0.2, 0.25) is 0 Å². The number of carbonyl (C=O) groups is 1. The van der Waals surface area contributed by atoms with Gasteiger partial charge in [0.05, 0.1) is 0 Å². The number of rotatable bonds is 2. The van der Waals surface area contributed by atoms with E-state index < -0.39 is 5.97 Å². The Morgan fingerprint density at radius 1 is 1.44 bits per heavy atom. The monoisotopic (exact) mass is 168 g/mol. The van der Waals surface area contributed by atoms with E-state index in [0.717, 1.165) is 6.08 Å². The molecule has 0 spiro atoms. The van der Waals surface area contributed by atoms with E-state index in [9.17, 15) is 4.79 Å². The predicted octanol–water partition coefficient (Wildman–Crippen LogP) is 1.20. The zero-order chi connectivity index (χ0) is 6.41. The van der Waals surface area contributed by atoms with Crippen LogP contribution < -0.4 is 0 Å². The maximum atomic E-state index is 9.75. The summed E-state index contributed by atoms with van der Waals surface area (Å²) in [6, 6.07) is 0. The third-order valence-corrected chi connectivity index (χ3v) is 0.542. The van der Waals surface area contributed by atoms with Gasteiger partial charge in [0.25, 0.3) is 0 Å². The quantitative estimate of drug-likeness (QED) is 0.382. The van der Waals surface area contributed by atoms with Gasteiger partial charge in [0.1, 0.15) is 0 Å². The first kappa shape index (κ1) is 11.3. The molecule has 0 unspecified atom stereocenters. The molecule has 1 N–H and O–H groups in total. The SMILES string of the molecule is C/C=C/C=C/C(=O)O.[Fe]. The molecule has 0 saturated carbocycles. The Kier molecular flexibility index (Phi) is 9.37. The number of allylic oxidation sites excluding steroid dienone is 3. The second-order valence-corrected chi connectivity index (χ2v) is 1.22. The molecule has 0 amide bonds. The zero-order valence-corrected chi connectivity index (χ0v) is 6.12. The molecule has 3 heteroatoms. The zero-order valence-electron chi connectivity index (χ0n) is 5.02. The average molecular weight is 168 g/mol. The Bertz CT molecular complexity index is 127. The Morgan fingerprint density at radius 3 is 2.33 bits per heavy atom. The van der Waals surface area contributed by atoms with E-state index in [4.69, 9.17) is 5.11 Å². The van der Waals surface area contributed by atoms with Crippen LogP contribution in [-0.4, -0.2) is 11.1 Å². The van der Waals surface area contributed by atoms with Gasteiger partial charge in [0.15, 0.2) is 0 Å². The first-order chi connectivity index (χ1) is 3.77. The Morgan fingerprint density at radius 2 is 2.00 bits per heavy atom. The van der Waals surface area contributed by atoms with Gasteiger partial charge in [-0.3, -0.25) is 0 Å². The maximum absolute atomic E-state index is 9.75. The van der Waals surface area contributed by atoms with Gasteiger partial charge in [-0.15, -0.1) is 0 Å². The third kappa shape index (κ3) is 11.2. The topological polar surface area (TPSA) is 37.3 Å². The van der Waals surface area contributed by atoms with E-state index in [1.165, 1.54) is 6.08 Å². The second kappa shape index (κ2) is 7.47. The van der Waals surface area contributed by atoms with Gasteiger partial charge in [-0.05, 0) is 6.92 Å².